The van der Waals surface area contributed by atoms with Gasteiger partial charge in [0.2, 0.25) is 0 Å². The van der Waals surface area contributed by atoms with E-state index in [1.807, 2.05) is 6.07 Å². The number of nitrogen functional groups attached to an aromatic ring is 1. The molecule has 38 heavy (non-hydrogen) atoms. The highest BCUT2D eigenvalue weighted by Crippen LogP contribution is 2.48. The molecular weight excluding hydrogens is 541 g/mol. The largest absolute Gasteiger partial charge is 0.433 e. The van der Waals surface area contributed by atoms with Crippen LogP contribution in [0.15, 0.2) is 63.9 Å². The minimum Gasteiger partial charge on any atom is -0.403 e. The normalized spacial score (nSPS) is 22.5. The molecule has 5 N–H and O–H groups in total. The van der Waals surface area contributed by atoms with Crippen LogP contribution in [-0.2, 0) is 26.8 Å². The molecule has 1 unspecified atom stereocenters. The van der Waals surface area contributed by atoms with Crippen LogP contribution >= 0.6 is 19.5 Å². The van der Waals surface area contributed by atoms with E-state index in [9.17, 15) is 29.7 Å². The van der Waals surface area contributed by atoms with Crippen molar-refractivity contribution in [2.24, 2.45) is 0 Å². The van der Waals surface area contributed by atoms with Crippen molar-refractivity contribution in [2.45, 2.75) is 43.4 Å². The predicted octanol–water partition coefficient (Wildman–Crippen LogP) is 2.43. The number of hydrogen-bond donors (Lipinski definition) is 4. The Morgan fingerprint density at radius 1 is 1.18 bits per heavy atom. The van der Waals surface area contributed by atoms with Gasteiger partial charge in [0.05, 0.1) is 24.0 Å². The maximum absolute atomic E-state index is 13.5. The van der Waals surface area contributed by atoms with E-state index in [4.69, 9.17) is 19.2 Å². The maximum atomic E-state index is 13.5. The molecule has 16 heteroatoms. The Bertz CT molecular complexity index is 1340. The summed E-state index contributed by atoms with van der Waals surface area (Å²) in [6.07, 6.45) is -1.31. The standard InChI is InChI=1S/C21H24N5O9PS.CH4/c22-16-8-9-25(21(29)24-16)20-19(28)18(27)15(37-20)12-34-36(32,23-10-13-4-2-1-3-5-13)33-11-14-6-7-17(35-14)26(30)31;/h1-9,15,18-20,27-28H,10-12H2,(H,23,32)(H2,22,24,29);1H4/t15-,18-,19+,20-,36?;/m1./s1. The maximum Gasteiger partial charge on any atom is 0.433 e. The second-order valence-corrected chi connectivity index (χ2v) is 11.2. The average Bonchev–Trinajstić information content (AvgIpc) is 3.47. The number of furan rings is 1. The SMILES string of the molecule is C.Nc1ccn([C@@H]2S[C@H](COP(=O)(NCc3ccccc3)OCc3ccc([N+](=O)[O-])o3)[C@@H](O)[C@@H]2O)c(=O)n1. The number of anilines is 1. The molecule has 14 nitrogen and oxygen atoms in total. The highest BCUT2D eigenvalue weighted by molar-refractivity contribution is 8.00. The molecule has 2 aromatic heterocycles. The van der Waals surface area contributed by atoms with Crippen molar-refractivity contribution in [3.8, 4) is 0 Å². The number of nitrogens with two attached hydrogens (primary N) is 1. The van der Waals surface area contributed by atoms with E-state index in [1.54, 1.807) is 24.3 Å². The summed E-state index contributed by atoms with van der Waals surface area (Å²) in [5.41, 5.74) is 5.60. The fraction of sp³-hybridized carbons (Fsp3) is 0.364. The van der Waals surface area contributed by atoms with Gasteiger partial charge in [-0.15, -0.1) is 11.8 Å². The zero-order valence-corrected chi connectivity index (χ0v) is 20.9. The lowest BCUT2D eigenvalue weighted by Crippen LogP contribution is -2.36. The number of aliphatic hydroxyl groups is 2. The van der Waals surface area contributed by atoms with Crippen molar-refractivity contribution in [1.29, 1.82) is 0 Å². The van der Waals surface area contributed by atoms with Gasteiger partial charge in [0.25, 0.3) is 0 Å². The van der Waals surface area contributed by atoms with Crippen LogP contribution in [0.25, 0.3) is 0 Å². The molecule has 1 aromatic carbocycles. The third-order valence-electron chi connectivity index (χ3n) is 5.40. The number of nitrogens with one attached hydrogen (secondary N) is 1. The highest BCUT2D eigenvalue weighted by Gasteiger charge is 2.45. The van der Waals surface area contributed by atoms with Crippen molar-refractivity contribution >= 4 is 31.2 Å². The van der Waals surface area contributed by atoms with Crippen LogP contribution < -0.4 is 16.5 Å². The molecule has 1 saturated heterocycles. The van der Waals surface area contributed by atoms with Crippen molar-refractivity contribution in [2.75, 3.05) is 12.3 Å². The Balaban J connectivity index is 0.00000400. The average molecular weight is 570 g/mol. The summed E-state index contributed by atoms with van der Waals surface area (Å²) in [5, 5.41) is 33.0. The molecule has 5 atom stereocenters. The van der Waals surface area contributed by atoms with Crippen LogP contribution in [0.2, 0.25) is 0 Å². The van der Waals surface area contributed by atoms with Crippen LogP contribution in [-0.4, -0.2) is 48.8 Å². The van der Waals surface area contributed by atoms with Gasteiger partial charge in [-0.25, -0.2) is 14.4 Å². The molecule has 0 bridgehead atoms. The number of thioether (sulfide) groups is 1. The summed E-state index contributed by atoms with van der Waals surface area (Å²) in [5.74, 6) is -0.425. The lowest BCUT2D eigenvalue weighted by molar-refractivity contribution is -0.402. The van der Waals surface area contributed by atoms with E-state index in [2.05, 4.69) is 10.1 Å². The molecule has 206 valence electrons. The number of benzene rings is 1. The zero-order valence-electron chi connectivity index (χ0n) is 19.2. The minimum absolute atomic E-state index is 0. The van der Waals surface area contributed by atoms with Gasteiger partial charge >= 0.3 is 19.3 Å². The third-order valence-corrected chi connectivity index (χ3v) is 8.45. The number of nitro groups is 1. The van der Waals surface area contributed by atoms with Gasteiger partial charge in [0.1, 0.15) is 34.6 Å². The van der Waals surface area contributed by atoms with Gasteiger partial charge in [0.15, 0.2) is 0 Å². The summed E-state index contributed by atoms with van der Waals surface area (Å²) in [4.78, 5) is 26.0. The molecule has 1 fully saturated rings. The summed E-state index contributed by atoms with van der Waals surface area (Å²) in [7, 11) is -4.05. The van der Waals surface area contributed by atoms with Crippen LogP contribution in [0.4, 0.5) is 11.7 Å². The molecule has 0 radical (unpaired) electrons. The summed E-state index contributed by atoms with van der Waals surface area (Å²) in [6, 6.07) is 12.9. The fourth-order valence-corrected chi connectivity index (χ4v) is 6.32. The van der Waals surface area contributed by atoms with Crippen LogP contribution in [0.3, 0.4) is 0 Å². The molecule has 1 aliphatic rings. The smallest absolute Gasteiger partial charge is 0.403 e. The first kappa shape index (κ1) is 29.5. The molecular formula is C22H28N5O9PS. The number of nitrogens with zero attached hydrogens (tertiary/aromatic N) is 3. The number of aromatic nitrogens is 2. The molecule has 0 saturated carbocycles. The Hall–Kier alpha value is -3.04. The van der Waals surface area contributed by atoms with E-state index in [0.29, 0.717) is 0 Å². The van der Waals surface area contributed by atoms with E-state index >= 15 is 0 Å². The Morgan fingerprint density at radius 2 is 1.92 bits per heavy atom. The van der Waals surface area contributed by atoms with Crippen molar-refractivity contribution < 1.29 is 33.2 Å². The first-order valence-corrected chi connectivity index (χ1v) is 13.4. The minimum atomic E-state index is -4.05. The number of hydrogen-bond acceptors (Lipinski definition) is 12. The van der Waals surface area contributed by atoms with Crippen LogP contribution in [0, 0.1) is 10.1 Å². The molecule has 1 aliphatic heterocycles. The first-order valence-electron chi connectivity index (χ1n) is 10.9. The number of rotatable bonds is 11. The van der Waals surface area contributed by atoms with E-state index < -0.39 is 53.7 Å². The summed E-state index contributed by atoms with van der Waals surface area (Å²) >= 11 is 1.04. The van der Waals surface area contributed by atoms with Crippen LogP contribution in [0.5, 0.6) is 0 Å². The summed E-state index contributed by atoms with van der Waals surface area (Å²) in [6.45, 7) is -0.618. The van der Waals surface area contributed by atoms with Gasteiger partial charge in [-0.2, -0.15) is 4.98 Å². The van der Waals surface area contributed by atoms with Crippen LogP contribution in [0.1, 0.15) is 24.1 Å². The van der Waals surface area contributed by atoms with E-state index in [-0.39, 0.29) is 32.2 Å². The molecule has 0 amide bonds. The van der Waals surface area contributed by atoms with Gasteiger partial charge < -0.3 is 20.4 Å². The lowest BCUT2D eigenvalue weighted by atomic mass is 10.1. The Labute approximate surface area is 221 Å². The quantitative estimate of drug-likeness (QED) is 0.149. The third kappa shape index (κ3) is 7.08. The van der Waals surface area contributed by atoms with E-state index in [0.717, 1.165) is 28.0 Å². The molecule has 3 heterocycles. The van der Waals surface area contributed by atoms with Gasteiger partial charge in [-0.3, -0.25) is 23.7 Å². The second kappa shape index (κ2) is 12.7. The predicted molar refractivity (Wildman–Crippen MR) is 139 cm³/mol. The second-order valence-electron chi connectivity index (χ2n) is 7.97. The van der Waals surface area contributed by atoms with Crippen molar-refractivity contribution in [3.63, 3.8) is 0 Å². The van der Waals surface area contributed by atoms with E-state index in [1.165, 1.54) is 18.3 Å². The summed E-state index contributed by atoms with van der Waals surface area (Å²) < 4.78 is 30.8. The number of aliphatic hydroxyl groups excluding tert-OH is 2. The lowest BCUT2D eigenvalue weighted by Gasteiger charge is -2.22. The zero-order chi connectivity index (χ0) is 26.6. The molecule has 0 spiro atoms. The molecule has 4 rings (SSSR count). The monoisotopic (exact) mass is 569 g/mol. The molecule has 3 aromatic rings. The van der Waals surface area contributed by atoms with Crippen molar-refractivity contribution in [3.05, 3.63) is 86.7 Å². The van der Waals surface area contributed by atoms with Gasteiger partial charge in [0, 0.05) is 12.7 Å². The topological polar surface area (TPSA) is 205 Å². The molecule has 0 aliphatic carbocycles. The fourth-order valence-electron chi connectivity index (χ4n) is 3.49. The van der Waals surface area contributed by atoms with Gasteiger partial charge in [-0.05, 0) is 17.7 Å². The Morgan fingerprint density at radius 3 is 2.58 bits per heavy atom. The highest BCUT2D eigenvalue weighted by atomic mass is 32.2. The first-order chi connectivity index (χ1) is 17.6. The Kier molecular flexibility index (Phi) is 9.84. The van der Waals surface area contributed by atoms with Crippen molar-refractivity contribution in [1.82, 2.24) is 14.6 Å². The van der Waals surface area contributed by atoms with Gasteiger partial charge in [-0.1, -0.05) is 37.8 Å².